The second kappa shape index (κ2) is 8.87. The topological polar surface area (TPSA) is 69.9 Å². The Labute approximate surface area is 173 Å². The van der Waals surface area contributed by atoms with Gasteiger partial charge in [-0.15, -0.1) is 12.4 Å². The van der Waals surface area contributed by atoms with Gasteiger partial charge in [0.05, 0.1) is 11.0 Å². The van der Waals surface area contributed by atoms with E-state index in [1.54, 1.807) is 0 Å². The lowest BCUT2D eigenvalue weighted by Gasteiger charge is -2.10. The number of H-pyrrole nitrogens is 2. The Morgan fingerprint density at radius 2 is 1.75 bits per heavy atom. The Morgan fingerprint density at radius 3 is 2.61 bits per heavy atom. The zero-order valence-electron chi connectivity index (χ0n) is 14.9. The van der Waals surface area contributed by atoms with Crippen LogP contribution >= 0.6 is 24.0 Å². The third-order valence-corrected chi connectivity index (χ3v) is 4.63. The summed E-state index contributed by atoms with van der Waals surface area (Å²) in [4.78, 5) is 16.8. The van der Waals surface area contributed by atoms with Crippen LogP contribution < -0.4 is 15.7 Å². The lowest BCUT2D eigenvalue weighted by atomic mass is 10.2. The van der Waals surface area contributed by atoms with Crippen LogP contribution in [-0.4, -0.2) is 9.97 Å². The fourth-order valence-corrected chi connectivity index (χ4v) is 3.06. The van der Waals surface area contributed by atoms with Crippen molar-refractivity contribution in [2.24, 2.45) is 0 Å². The summed E-state index contributed by atoms with van der Waals surface area (Å²) < 4.78 is 5.87. The molecule has 144 valence electrons. The van der Waals surface area contributed by atoms with Gasteiger partial charge in [-0.3, -0.25) is 0 Å². The maximum absolute atomic E-state index is 11.3. The van der Waals surface area contributed by atoms with E-state index in [0.29, 0.717) is 18.2 Å². The van der Waals surface area contributed by atoms with Crippen LogP contribution in [0.5, 0.6) is 5.75 Å². The van der Waals surface area contributed by atoms with Gasteiger partial charge >= 0.3 is 5.69 Å². The first-order valence-electron chi connectivity index (χ1n) is 8.58. The molecule has 0 aliphatic heterocycles. The zero-order chi connectivity index (χ0) is 18.6. The molecule has 1 heterocycles. The maximum Gasteiger partial charge on any atom is 0.323 e. The van der Waals surface area contributed by atoms with E-state index in [1.165, 1.54) is 0 Å². The summed E-state index contributed by atoms with van der Waals surface area (Å²) in [6, 6.07) is 21.3. The van der Waals surface area contributed by atoms with Gasteiger partial charge in [0, 0.05) is 22.8 Å². The molecule has 0 fully saturated rings. The number of aromatic nitrogens is 2. The number of anilines is 1. The summed E-state index contributed by atoms with van der Waals surface area (Å²) in [6.45, 7) is 1.07. The van der Waals surface area contributed by atoms with E-state index < -0.39 is 0 Å². The van der Waals surface area contributed by atoms with Crippen molar-refractivity contribution in [3.8, 4) is 5.75 Å². The molecule has 0 saturated carbocycles. The van der Waals surface area contributed by atoms with Gasteiger partial charge in [-0.1, -0.05) is 41.9 Å². The van der Waals surface area contributed by atoms with Gasteiger partial charge in [0.25, 0.3) is 0 Å². The first-order valence-corrected chi connectivity index (χ1v) is 8.96. The molecule has 3 aromatic carbocycles. The molecule has 3 N–H and O–H groups in total. The van der Waals surface area contributed by atoms with E-state index in [4.69, 9.17) is 16.3 Å². The fourth-order valence-electron chi connectivity index (χ4n) is 2.87. The highest BCUT2D eigenvalue weighted by Crippen LogP contribution is 2.20. The fraction of sp³-hybridized carbons (Fsp3) is 0.0952. The summed E-state index contributed by atoms with van der Waals surface area (Å²) in [5.74, 6) is 0.791. The summed E-state index contributed by atoms with van der Waals surface area (Å²) >= 11 is 6.17. The molecule has 0 spiro atoms. The number of ether oxygens (including phenoxy) is 1. The second-order valence-electron chi connectivity index (χ2n) is 6.22. The van der Waals surface area contributed by atoms with E-state index in [1.807, 2.05) is 66.7 Å². The Morgan fingerprint density at radius 1 is 0.929 bits per heavy atom. The minimum Gasteiger partial charge on any atom is -0.489 e. The molecular formula is C21H19Cl2N3O2. The molecule has 0 saturated heterocycles. The van der Waals surface area contributed by atoms with E-state index >= 15 is 0 Å². The van der Waals surface area contributed by atoms with Crippen LogP contribution in [0.4, 0.5) is 5.69 Å². The maximum atomic E-state index is 11.3. The Kier molecular flexibility index (Phi) is 6.29. The van der Waals surface area contributed by atoms with Crippen molar-refractivity contribution in [3.05, 3.63) is 93.4 Å². The first kappa shape index (κ1) is 19.9. The first-order chi connectivity index (χ1) is 13.2. The van der Waals surface area contributed by atoms with Crippen molar-refractivity contribution in [1.82, 2.24) is 9.97 Å². The third-order valence-electron chi connectivity index (χ3n) is 4.26. The molecular weight excluding hydrogens is 397 g/mol. The van der Waals surface area contributed by atoms with Crippen molar-refractivity contribution in [3.63, 3.8) is 0 Å². The largest absolute Gasteiger partial charge is 0.489 e. The summed E-state index contributed by atoms with van der Waals surface area (Å²) in [5.41, 5.74) is 4.35. The van der Waals surface area contributed by atoms with Crippen molar-refractivity contribution < 1.29 is 4.74 Å². The Balaban J connectivity index is 0.00000225. The second-order valence-corrected chi connectivity index (χ2v) is 6.63. The molecule has 7 heteroatoms. The van der Waals surface area contributed by atoms with Gasteiger partial charge in [-0.25, -0.2) is 4.79 Å². The van der Waals surface area contributed by atoms with Crippen LogP contribution in [0, 0.1) is 0 Å². The quantitative estimate of drug-likeness (QED) is 0.409. The summed E-state index contributed by atoms with van der Waals surface area (Å²) in [7, 11) is 0. The number of hydrogen-bond donors (Lipinski definition) is 3. The molecule has 0 radical (unpaired) electrons. The van der Waals surface area contributed by atoms with Crippen molar-refractivity contribution >= 4 is 40.7 Å². The van der Waals surface area contributed by atoms with Gasteiger partial charge in [0.1, 0.15) is 12.4 Å². The van der Waals surface area contributed by atoms with Crippen LogP contribution in [-0.2, 0) is 13.2 Å². The van der Waals surface area contributed by atoms with Gasteiger partial charge in [0.15, 0.2) is 0 Å². The number of halogens is 2. The highest BCUT2D eigenvalue weighted by Gasteiger charge is 2.03. The number of imidazole rings is 1. The molecule has 0 aliphatic carbocycles. The molecule has 0 unspecified atom stereocenters. The number of hydrogen-bond acceptors (Lipinski definition) is 3. The SMILES string of the molecule is Cl.O=c1[nH]c2ccc(NCc3cccc(OCc4ccccc4Cl)c3)cc2[nH]1. The van der Waals surface area contributed by atoms with Crippen molar-refractivity contribution in [2.45, 2.75) is 13.2 Å². The molecule has 0 atom stereocenters. The van der Waals surface area contributed by atoms with Crippen LogP contribution in [0.2, 0.25) is 5.02 Å². The molecule has 1 aromatic heterocycles. The minimum absolute atomic E-state index is 0. The van der Waals surface area contributed by atoms with Gasteiger partial charge in [-0.05, 0) is 42.0 Å². The highest BCUT2D eigenvalue weighted by atomic mass is 35.5. The van der Waals surface area contributed by atoms with E-state index in [0.717, 1.165) is 33.6 Å². The Bertz CT molecular complexity index is 1140. The molecule has 5 nitrogen and oxygen atoms in total. The summed E-state index contributed by atoms with van der Waals surface area (Å²) in [5, 5.41) is 4.06. The summed E-state index contributed by atoms with van der Waals surface area (Å²) in [6.07, 6.45) is 0. The monoisotopic (exact) mass is 415 g/mol. The van der Waals surface area contributed by atoms with Crippen LogP contribution in [0.1, 0.15) is 11.1 Å². The van der Waals surface area contributed by atoms with Crippen molar-refractivity contribution in [1.29, 1.82) is 0 Å². The molecule has 0 amide bonds. The zero-order valence-corrected chi connectivity index (χ0v) is 16.4. The number of nitrogens with one attached hydrogen (secondary N) is 3. The van der Waals surface area contributed by atoms with E-state index in [2.05, 4.69) is 15.3 Å². The number of aromatic amines is 2. The molecule has 0 bridgehead atoms. The average molecular weight is 416 g/mol. The lowest BCUT2D eigenvalue weighted by molar-refractivity contribution is 0.306. The molecule has 4 aromatic rings. The van der Waals surface area contributed by atoms with Gasteiger partial charge in [0.2, 0.25) is 0 Å². The van der Waals surface area contributed by atoms with Crippen LogP contribution in [0.3, 0.4) is 0 Å². The molecule has 4 rings (SSSR count). The highest BCUT2D eigenvalue weighted by molar-refractivity contribution is 6.31. The van der Waals surface area contributed by atoms with Gasteiger partial charge < -0.3 is 20.0 Å². The molecule has 0 aliphatic rings. The lowest BCUT2D eigenvalue weighted by Crippen LogP contribution is -2.01. The third kappa shape index (κ3) is 4.68. The van der Waals surface area contributed by atoms with E-state index in [9.17, 15) is 4.79 Å². The number of fused-ring (bicyclic) bond motifs is 1. The van der Waals surface area contributed by atoms with E-state index in [-0.39, 0.29) is 18.1 Å². The predicted molar refractivity (Wildman–Crippen MR) is 116 cm³/mol. The van der Waals surface area contributed by atoms with Crippen molar-refractivity contribution in [2.75, 3.05) is 5.32 Å². The van der Waals surface area contributed by atoms with Crippen LogP contribution in [0.15, 0.2) is 71.5 Å². The smallest absolute Gasteiger partial charge is 0.323 e. The predicted octanol–water partition coefficient (Wildman–Crippen LogP) is 5.12. The number of benzene rings is 3. The average Bonchev–Trinajstić information content (AvgIpc) is 3.05. The standard InChI is InChI=1S/C21H18ClN3O2.ClH/c22-18-7-2-1-5-15(18)13-27-17-6-3-4-14(10-17)12-23-16-8-9-19-20(11-16)25-21(26)24-19;/h1-11,23H,12-13H2,(H2,24,25,26);1H. The normalized spacial score (nSPS) is 10.5. The van der Waals surface area contributed by atoms with Gasteiger partial charge in [-0.2, -0.15) is 0 Å². The Hall–Kier alpha value is -2.89. The van der Waals surface area contributed by atoms with Crippen LogP contribution in [0.25, 0.3) is 11.0 Å². The molecule has 28 heavy (non-hydrogen) atoms. The minimum atomic E-state index is -0.203. The number of rotatable bonds is 6.